The van der Waals surface area contributed by atoms with Gasteiger partial charge in [0, 0.05) is 26.2 Å². The molecule has 0 N–H and O–H groups in total. The molecule has 0 aliphatic carbocycles. The fourth-order valence-corrected chi connectivity index (χ4v) is 4.74. The zero-order valence-electron chi connectivity index (χ0n) is 14.7. The first-order chi connectivity index (χ1) is 10.7. The minimum atomic E-state index is -2.88. The molecule has 0 saturated heterocycles. The summed E-state index contributed by atoms with van der Waals surface area (Å²) in [6.07, 6.45) is 12.1. The van der Waals surface area contributed by atoms with Gasteiger partial charge in [0.05, 0.1) is 0 Å². The van der Waals surface area contributed by atoms with Crippen LogP contribution in [0.1, 0.15) is 71.1 Å². The summed E-state index contributed by atoms with van der Waals surface area (Å²) in [6, 6.07) is 0. The fraction of sp³-hybridized carbons (Fsp3) is 1.00. The largest absolute Gasteiger partial charge is 0.509 e. The van der Waals surface area contributed by atoms with E-state index < -0.39 is 8.80 Å². The molecule has 0 spiro atoms. The van der Waals surface area contributed by atoms with E-state index in [0.29, 0.717) is 0 Å². The molecule has 0 radical (unpaired) electrons. The Balaban J connectivity index is 3.99. The van der Waals surface area contributed by atoms with Gasteiger partial charge in [-0.25, -0.2) is 0 Å². The van der Waals surface area contributed by atoms with Gasteiger partial charge in [-0.1, -0.05) is 69.8 Å². The van der Waals surface area contributed by atoms with Crippen LogP contribution in [0.5, 0.6) is 0 Å². The van der Waals surface area contributed by atoms with E-state index in [0.717, 1.165) is 19.3 Å². The highest BCUT2D eigenvalue weighted by atomic mass is 28.4. The van der Waals surface area contributed by atoms with E-state index >= 15 is 0 Å². The molecule has 0 amide bonds. The Morgan fingerprint density at radius 2 is 1.32 bits per heavy atom. The quantitative estimate of drug-likeness (QED) is 0.139. The predicted octanol–water partition coefficient (Wildman–Crippen LogP) is 5.00. The maximum Gasteiger partial charge on any atom is 0.509 e. The maximum atomic E-state index is 8.74. The molecule has 0 aromatic rings. The zero-order valence-corrected chi connectivity index (χ0v) is 15.7. The molecule has 0 aliphatic rings. The van der Waals surface area contributed by atoms with E-state index in [2.05, 4.69) is 16.9 Å². The second-order valence-electron chi connectivity index (χ2n) is 5.55. The van der Waals surface area contributed by atoms with Gasteiger partial charge in [0.15, 0.2) is 0 Å². The molecule has 1 atom stereocenters. The Morgan fingerprint density at radius 1 is 0.864 bits per heavy atom. The van der Waals surface area contributed by atoms with Gasteiger partial charge in [0.1, 0.15) is 5.67 Å². The molecule has 22 heavy (non-hydrogen) atoms. The predicted molar refractivity (Wildman–Crippen MR) is 91.6 cm³/mol. The van der Waals surface area contributed by atoms with Gasteiger partial charge in [-0.15, -0.1) is 0 Å². The lowest BCUT2D eigenvalue weighted by molar-refractivity contribution is 0.111. The molecule has 0 rings (SSSR count). The van der Waals surface area contributed by atoms with E-state index in [1.54, 1.807) is 21.3 Å². The summed E-state index contributed by atoms with van der Waals surface area (Å²) in [5.74, 6) is 0. The molecule has 0 bridgehead atoms. The minimum Gasteiger partial charge on any atom is -0.377 e. The van der Waals surface area contributed by atoms with Crippen molar-refractivity contribution in [1.82, 2.24) is 0 Å². The van der Waals surface area contributed by atoms with Crippen LogP contribution < -0.4 is 0 Å². The Bertz CT molecular complexity index is 300. The molecule has 0 aromatic carbocycles. The second-order valence-corrected chi connectivity index (χ2v) is 8.65. The summed E-state index contributed by atoms with van der Waals surface area (Å²) in [5.41, 5.74) is 8.40. The topological polar surface area (TPSA) is 76.5 Å². The summed E-state index contributed by atoms with van der Waals surface area (Å²) >= 11 is 0. The molecular formula is C15H33N3O3Si. The van der Waals surface area contributed by atoms with Crippen molar-refractivity contribution in [3.05, 3.63) is 10.4 Å². The van der Waals surface area contributed by atoms with Gasteiger partial charge in [-0.05, 0) is 12.0 Å². The Hall–Kier alpha value is -0.593. The lowest BCUT2D eigenvalue weighted by Gasteiger charge is -2.29. The number of rotatable bonds is 15. The Morgan fingerprint density at radius 3 is 1.73 bits per heavy atom. The Labute approximate surface area is 136 Å². The third kappa shape index (κ3) is 8.15. The lowest BCUT2D eigenvalue weighted by atomic mass is 10.1. The van der Waals surface area contributed by atoms with Crippen LogP contribution in [-0.4, -0.2) is 35.8 Å². The van der Waals surface area contributed by atoms with Crippen molar-refractivity contribution >= 4 is 8.80 Å². The van der Waals surface area contributed by atoms with Gasteiger partial charge in [0.2, 0.25) is 0 Å². The highest BCUT2D eigenvalue weighted by Crippen LogP contribution is 2.21. The van der Waals surface area contributed by atoms with Gasteiger partial charge in [0.25, 0.3) is 0 Å². The van der Waals surface area contributed by atoms with Crippen LogP contribution in [0.25, 0.3) is 10.4 Å². The maximum absolute atomic E-state index is 8.74. The van der Waals surface area contributed by atoms with Crippen LogP contribution >= 0.6 is 0 Å². The van der Waals surface area contributed by atoms with E-state index in [4.69, 9.17) is 18.8 Å². The van der Waals surface area contributed by atoms with Crippen LogP contribution in [0.15, 0.2) is 5.11 Å². The van der Waals surface area contributed by atoms with Crippen LogP contribution in [0.2, 0.25) is 0 Å². The normalized spacial score (nSPS) is 12.9. The summed E-state index contributed by atoms with van der Waals surface area (Å²) in [5, 5.41) is 3.84. The third-order valence-corrected chi connectivity index (χ3v) is 6.96. The first kappa shape index (κ1) is 21.4. The molecule has 0 fully saturated rings. The number of unbranched alkanes of at least 4 members (excludes halogenated alkanes) is 8. The summed E-state index contributed by atoms with van der Waals surface area (Å²) in [7, 11) is 1.77. The van der Waals surface area contributed by atoms with Crippen LogP contribution in [0, 0.1) is 0 Å². The van der Waals surface area contributed by atoms with Crippen LogP contribution in [0.4, 0.5) is 0 Å². The van der Waals surface area contributed by atoms with Gasteiger partial charge in [-0.2, -0.15) is 0 Å². The number of hydrogen-bond acceptors (Lipinski definition) is 4. The van der Waals surface area contributed by atoms with E-state index in [1.165, 1.54) is 44.9 Å². The van der Waals surface area contributed by atoms with E-state index in [-0.39, 0.29) is 5.67 Å². The molecule has 1 unspecified atom stereocenters. The van der Waals surface area contributed by atoms with Crippen LogP contribution in [-0.2, 0) is 13.3 Å². The van der Waals surface area contributed by atoms with Gasteiger partial charge < -0.3 is 13.3 Å². The molecule has 0 saturated carbocycles. The monoisotopic (exact) mass is 331 g/mol. The molecule has 0 aromatic heterocycles. The van der Waals surface area contributed by atoms with Crippen LogP contribution in [0.3, 0.4) is 0 Å². The molecule has 7 heteroatoms. The summed E-state index contributed by atoms with van der Waals surface area (Å²) in [4.78, 5) is 2.92. The summed E-state index contributed by atoms with van der Waals surface area (Å²) in [6.45, 7) is 2.24. The Kier molecular flexibility index (Phi) is 13.6. The van der Waals surface area contributed by atoms with Crippen molar-refractivity contribution in [3.63, 3.8) is 0 Å². The molecule has 0 heterocycles. The van der Waals surface area contributed by atoms with Crippen molar-refractivity contribution in [2.45, 2.75) is 76.8 Å². The third-order valence-electron chi connectivity index (χ3n) is 4.03. The number of hydrogen-bond donors (Lipinski definition) is 0. The summed E-state index contributed by atoms with van der Waals surface area (Å²) < 4.78 is 16.2. The van der Waals surface area contributed by atoms with E-state index in [9.17, 15) is 0 Å². The average molecular weight is 332 g/mol. The average Bonchev–Trinajstić information content (AvgIpc) is 2.55. The molecular weight excluding hydrogens is 298 g/mol. The minimum absolute atomic E-state index is 0.345. The van der Waals surface area contributed by atoms with Gasteiger partial charge >= 0.3 is 8.80 Å². The zero-order chi connectivity index (χ0) is 16.7. The van der Waals surface area contributed by atoms with Gasteiger partial charge in [-0.3, -0.25) is 0 Å². The molecule has 6 nitrogen and oxygen atoms in total. The number of nitrogens with zero attached hydrogens (tertiary/aromatic N) is 3. The fourth-order valence-electron chi connectivity index (χ4n) is 2.67. The number of azide groups is 1. The molecule has 0 aliphatic heterocycles. The first-order valence-corrected chi connectivity index (χ1v) is 10.2. The lowest BCUT2D eigenvalue weighted by Crippen LogP contribution is -2.53. The molecule has 130 valence electrons. The van der Waals surface area contributed by atoms with Crippen molar-refractivity contribution in [1.29, 1.82) is 0 Å². The van der Waals surface area contributed by atoms with E-state index in [1.807, 2.05) is 0 Å². The smallest absolute Gasteiger partial charge is 0.377 e. The second kappa shape index (κ2) is 14.0. The highest BCUT2D eigenvalue weighted by molar-refractivity contribution is 6.62. The standard InChI is InChI=1S/C15H33N3O3Si/c1-5-6-7-8-9-10-11-12-13-14-15(17-18-16)22(19-2,20-3)21-4/h15H,5-14H2,1-4H3. The SMILES string of the molecule is CCCCCCCCCCCC(N=[N+]=[N-])[Si](OC)(OC)OC. The first-order valence-electron chi connectivity index (χ1n) is 8.40. The van der Waals surface area contributed by atoms with Crippen molar-refractivity contribution in [3.8, 4) is 0 Å². The van der Waals surface area contributed by atoms with Crippen molar-refractivity contribution in [2.24, 2.45) is 5.11 Å². The highest BCUT2D eigenvalue weighted by Gasteiger charge is 2.46. The van der Waals surface area contributed by atoms with Crippen molar-refractivity contribution < 1.29 is 13.3 Å². The van der Waals surface area contributed by atoms with Crippen molar-refractivity contribution in [2.75, 3.05) is 21.3 Å².